The molecule has 0 aliphatic rings. The molecule has 25 heavy (non-hydrogen) atoms. The van der Waals surface area contributed by atoms with Crippen molar-refractivity contribution in [1.29, 1.82) is 0 Å². The van der Waals surface area contributed by atoms with Gasteiger partial charge in [0.2, 0.25) is 0 Å². The van der Waals surface area contributed by atoms with Crippen LogP contribution in [0.25, 0.3) is 0 Å². The second kappa shape index (κ2) is 7.61. The first-order chi connectivity index (χ1) is 12.0. The molecule has 0 saturated carbocycles. The predicted molar refractivity (Wildman–Crippen MR) is 97.6 cm³/mol. The van der Waals surface area contributed by atoms with E-state index in [9.17, 15) is 13.6 Å². The van der Waals surface area contributed by atoms with Gasteiger partial charge in [-0.05, 0) is 57.4 Å². The molecule has 0 saturated heterocycles. The highest BCUT2D eigenvalue weighted by Gasteiger charge is 2.08. The molecule has 0 unspecified atom stereocenters. The first kappa shape index (κ1) is 17.4. The van der Waals surface area contributed by atoms with Gasteiger partial charge in [0.15, 0.2) is 0 Å². The largest absolute Gasteiger partial charge is 0.380 e. The molecule has 2 aromatic carbocycles. The molecule has 0 aliphatic carbocycles. The molecule has 6 heteroatoms. The Hall–Kier alpha value is -2.47. The third-order valence-corrected chi connectivity index (χ3v) is 4.49. The van der Waals surface area contributed by atoms with Crippen molar-refractivity contribution in [3.05, 3.63) is 98.4 Å². The molecule has 1 heterocycles. The summed E-state index contributed by atoms with van der Waals surface area (Å²) in [5.74, 6) is -0.637. The zero-order chi connectivity index (χ0) is 17.8. The first-order valence-electron chi connectivity index (χ1n) is 7.64. The minimum Gasteiger partial charge on any atom is -0.380 e. The molecule has 1 aromatic heterocycles. The van der Waals surface area contributed by atoms with E-state index in [1.165, 1.54) is 28.8 Å². The highest BCUT2D eigenvalue weighted by Crippen LogP contribution is 2.19. The lowest BCUT2D eigenvalue weighted by molar-refractivity contribution is 0.622. The molecule has 0 atom stereocenters. The highest BCUT2D eigenvalue weighted by atomic mass is 79.9. The van der Waals surface area contributed by atoms with Gasteiger partial charge in [0.1, 0.15) is 16.1 Å². The zero-order valence-electron chi connectivity index (χ0n) is 13.2. The maximum absolute atomic E-state index is 13.3. The van der Waals surface area contributed by atoms with Crippen LogP contribution >= 0.6 is 15.9 Å². The normalized spacial score (nSPS) is 10.7. The highest BCUT2D eigenvalue weighted by molar-refractivity contribution is 9.10. The summed E-state index contributed by atoms with van der Waals surface area (Å²) in [6.07, 6.45) is 1.64. The van der Waals surface area contributed by atoms with Gasteiger partial charge in [-0.3, -0.25) is 4.79 Å². The zero-order valence-corrected chi connectivity index (χ0v) is 14.8. The van der Waals surface area contributed by atoms with Crippen LogP contribution in [-0.2, 0) is 13.1 Å². The minimum atomic E-state index is -0.335. The summed E-state index contributed by atoms with van der Waals surface area (Å²) >= 11 is 3.30. The Balaban J connectivity index is 1.77. The fraction of sp³-hybridized carbons (Fsp3) is 0.105. The number of nitrogens with one attached hydrogen (secondary N) is 1. The van der Waals surface area contributed by atoms with Crippen molar-refractivity contribution < 1.29 is 8.78 Å². The lowest BCUT2D eigenvalue weighted by Crippen LogP contribution is -2.22. The minimum absolute atomic E-state index is 0.228. The molecule has 0 aliphatic heterocycles. The van der Waals surface area contributed by atoms with Gasteiger partial charge < -0.3 is 9.88 Å². The SMILES string of the molecule is O=c1c(Br)c(NCc2cccc(F)c2)ccn1Cc1cccc(F)c1. The first-order valence-corrected chi connectivity index (χ1v) is 8.44. The van der Waals surface area contributed by atoms with E-state index in [2.05, 4.69) is 21.2 Å². The third-order valence-electron chi connectivity index (χ3n) is 3.72. The van der Waals surface area contributed by atoms with Crippen LogP contribution < -0.4 is 10.9 Å². The fourth-order valence-corrected chi connectivity index (χ4v) is 2.98. The van der Waals surface area contributed by atoms with Crippen molar-refractivity contribution in [1.82, 2.24) is 4.57 Å². The monoisotopic (exact) mass is 404 g/mol. The number of anilines is 1. The van der Waals surface area contributed by atoms with Crippen LogP contribution in [0.4, 0.5) is 14.5 Å². The average Bonchev–Trinajstić information content (AvgIpc) is 2.58. The molecule has 128 valence electrons. The second-order valence-corrected chi connectivity index (χ2v) is 6.38. The van der Waals surface area contributed by atoms with Gasteiger partial charge in [0.25, 0.3) is 5.56 Å². The third kappa shape index (κ3) is 4.33. The Morgan fingerprint density at radius 2 is 1.60 bits per heavy atom. The van der Waals surface area contributed by atoms with Crippen LogP contribution in [0.2, 0.25) is 0 Å². The van der Waals surface area contributed by atoms with E-state index in [0.717, 1.165) is 5.56 Å². The van der Waals surface area contributed by atoms with Gasteiger partial charge in [-0.2, -0.15) is 0 Å². The summed E-state index contributed by atoms with van der Waals surface area (Å²) in [6.45, 7) is 0.670. The van der Waals surface area contributed by atoms with E-state index in [1.54, 1.807) is 36.5 Å². The van der Waals surface area contributed by atoms with Gasteiger partial charge in [0.05, 0.1) is 12.2 Å². The Labute approximate surface area is 152 Å². The maximum atomic E-state index is 13.3. The number of hydrogen-bond donors (Lipinski definition) is 1. The number of halogens is 3. The molecular weight excluding hydrogens is 390 g/mol. The summed E-state index contributed by atoms with van der Waals surface area (Å²) in [4.78, 5) is 12.5. The number of nitrogens with zero attached hydrogens (tertiary/aromatic N) is 1. The van der Waals surface area contributed by atoms with E-state index in [-0.39, 0.29) is 23.7 Å². The number of rotatable bonds is 5. The molecule has 0 spiro atoms. The Morgan fingerprint density at radius 1 is 0.960 bits per heavy atom. The standard InChI is InChI=1S/C19H15BrF2N2O/c20-18-17(23-11-13-3-1-5-15(21)9-13)7-8-24(19(18)25)12-14-4-2-6-16(22)10-14/h1-10,23H,11-12H2. The van der Waals surface area contributed by atoms with Crippen LogP contribution in [0.1, 0.15) is 11.1 Å². The van der Waals surface area contributed by atoms with Crippen LogP contribution in [0.3, 0.4) is 0 Å². The van der Waals surface area contributed by atoms with Crippen molar-refractivity contribution in [3.8, 4) is 0 Å². The van der Waals surface area contributed by atoms with E-state index in [0.29, 0.717) is 22.3 Å². The molecular formula is C19H15BrF2N2O. The Morgan fingerprint density at radius 3 is 2.28 bits per heavy atom. The predicted octanol–water partition coefficient (Wildman–Crippen LogP) is 4.55. The van der Waals surface area contributed by atoms with Crippen molar-refractivity contribution in [2.45, 2.75) is 13.1 Å². The van der Waals surface area contributed by atoms with Crippen molar-refractivity contribution in [3.63, 3.8) is 0 Å². The summed E-state index contributed by atoms with van der Waals surface area (Å²) in [5.41, 5.74) is 1.86. The van der Waals surface area contributed by atoms with E-state index in [1.807, 2.05) is 0 Å². The fourth-order valence-electron chi connectivity index (χ4n) is 2.48. The molecule has 0 bridgehead atoms. The smallest absolute Gasteiger partial charge is 0.267 e. The van der Waals surface area contributed by atoms with Crippen molar-refractivity contribution >= 4 is 21.6 Å². The molecule has 1 N–H and O–H groups in total. The number of benzene rings is 2. The summed E-state index contributed by atoms with van der Waals surface area (Å²) < 4.78 is 28.3. The number of hydrogen-bond acceptors (Lipinski definition) is 2. The van der Waals surface area contributed by atoms with Crippen molar-refractivity contribution in [2.24, 2.45) is 0 Å². The lowest BCUT2D eigenvalue weighted by Gasteiger charge is -2.12. The molecule has 3 nitrogen and oxygen atoms in total. The molecule has 0 radical (unpaired) electrons. The van der Waals surface area contributed by atoms with Crippen molar-refractivity contribution in [2.75, 3.05) is 5.32 Å². The van der Waals surface area contributed by atoms with Gasteiger partial charge in [-0.25, -0.2) is 8.78 Å². The Kier molecular flexibility index (Phi) is 5.28. The van der Waals surface area contributed by atoms with Gasteiger partial charge in [-0.1, -0.05) is 24.3 Å². The molecule has 3 aromatic rings. The Bertz CT molecular complexity index is 956. The van der Waals surface area contributed by atoms with Crippen LogP contribution in [0, 0.1) is 11.6 Å². The van der Waals surface area contributed by atoms with Crippen LogP contribution in [0.5, 0.6) is 0 Å². The second-order valence-electron chi connectivity index (χ2n) is 5.59. The summed E-state index contributed by atoms with van der Waals surface area (Å²) in [6, 6.07) is 14.1. The number of aromatic nitrogens is 1. The quantitative estimate of drug-likeness (QED) is 0.676. The van der Waals surface area contributed by atoms with Gasteiger partial charge in [-0.15, -0.1) is 0 Å². The number of pyridine rings is 1. The summed E-state index contributed by atoms with van der Waals surface area (Å²) in [5, 5.41) is 3.11. The van der Waals surface area contributed by atoms with E-state index < -0.39 is 0 Å². The van der Waals surface area contributed by atoms with E-state index >= 15 is 0 Å². The van der Waals surface area contributed by atoms with Gasteiger partial charge >= 0.3 is 0 Å². The maximum Gasteiger partial charge on any atom is 0.267 e. The molecule has 0 amide bonds. The lowest BCUT2D eigenvalue weighted by atomic mass is 10.2. The summed E-state index contributed by atoms with van der Waals surface area (Å²) in [7, 11) is 0. The molecule has 3 rings (SSSR count). The van der Waals surface area contributed by atoms with Crippen LogP contribution in [-0.4, -0.2) is 4.57 Å². The average molecular weight is 405 g/mol. The molecule has 0 fully saturated rings. The van der Waals surface area contributed by atoms with E-state index in [4.69, 9.17) is 0 Å². The van der Waals surface area contributed by atoms with Crippen LogP contribution in [0.15, 0.2) is 70.1 Å². The van der Waals surface area contributed by atoms with Gasteiger partial charge in [0, 0.05) is 12.7 Å². The topological polar surface area (TPSA) is 34.0 Å².